The summed E-state index contributed by atoms with van der Waals surface area (Å²) in [6.07, 6.45) is 1.96. The number of aryl methyl sites for hydroxylation is 1. The molecule has 0 fully saturated rings. The molecule has 0 radical (unpaired) electrons. The standard InChI is InChI=1S/C15H18N6O2S/c1-10-13(8-11-5-4-6-12(7-11)24(16,22)23)14(20(2)3)21-15(19-10)17-9-18-21/h4-7,9H,8H2,1-3H3,(H2,16,22,23). The summed E-state index contributed by atoms with van der Waals surface area (Å²) in [4.78, 5) is 10.6. The molecule has 0 atom stereocenters. The first-order valence-corrected chi connectivity index (χ1v) is 8.80. The van der Waals surface area contributed by atoms with Crippen molar-refractivity contribution in [2.75, 3.05) is 19.0 Å². The minimum atomic E-state index is -3.73. The van der Waals surface area contributed by atoms with Gasteiger partial charge in [0.15, 0.2) is 0 Å². The maximum Gasteiger partial charge on any atom is 0.254 e. The molecule has 2 N–H and O–H groups in total. The van der Waals surface area contributed by atoms with Gasteiger partial charge in [-0.05, 0) is 24.6 Å². The molecule has 0 bridgehead atoms. The number of aromatic nitrogens is 4. The average molecular weight is 346 g/mol. The van der Waals surface area contributed by atoms with E-state index in [1.54, 1.807) is 16.6 Å². The first-order chi connectivity index (χ1) is 11.3. The van der Waals surface area contributed by atoms with Gasteiger partial charge >= 0.3 is 0 Å². The number of nitrogens with two attached hydrogens (primary N) is 1. The van der Waals surface area contributed by atoms with Gasteiger partial charge in [0, 0.05) is 31.8 Å². The minimum Gasteiger partial charge on any atom is -0.362 e. The van der Waals surface area contributed by atoms with E-state index in [-0.39, 0.29) is 4.90 Å². The Labute approximate surface area is 140 Å². The van der Waals surface area contributed by atoms with E-state index in [1.807, 2.05) is 32.0 Å². The maximum atomic E-state index is 11.6. The fourth-order valence-electron chi connectivity index (χ4n) is 2.67. The van der Waals surface area contributed by atoms with E-state index < -0.39 is 10.0 Å². The quantitative estimate of drug-likeness (QED) is 0.747. The largest absolute Gasteiger partial charge is 0.362 e. The summed E-state index contributed by atoms with van der Waals surface area (Å²) in [5.74, 6) is 1.38. The number of primary sulfonamides is 1. The van der Waals surface area contributed by atoms with Crippen molar-refractivity contribution in [1.29, 1.82) is 0 Å². The third-order valence-corrected chi connectivity index (χ3v) is 4.65. The summed E-state index contributed by atoms with van der Waals surface area (Å²) in [6, 6.07) is 6.61. The van der Waals surface area contributed by atoms with Gasteiger partial charge in [0.2, 0.25) is 10.0 Å². The predicted molar refractivity (Wildman–Crippen MR) is 90.5 cm³/mol. The summed E-state index contributed by atoms with van der Waals surface area (Å²) in [5, 5.41) is 9.44. The van der Waals surface area contributed by atoms with Crippen LogP contribution in [0.2, 0.25) is 0 Å². The summed E-state index contributed by atoms with van der Waals surface area (Å²) in [6.45, 7) is 1.90. The molecule has 24 heavy (non-hydrogen) atoms. The molecule has 126 valence electrons. The second kappa shape index (κ2) is 5.84. The van der Waals surface area contributed by atoms with E-state index in [2.05, 4.69) is 15.1 Å². The number of sulfonamides is 1. The third-order valence-electron chi connectivity index (χ3n) is 3.74. The van der Waals surface area contributed by atoms with Crippen LogP contribution in [0.25, 0.3) is 5.78 Å². The van der Waals surface area contributed by atoms with Crippen LogP contribution in [0.5, 0.6) is 0 Å². The number of benzene rings is 1. The number of anilines is 1. The molecule has 0 aliphatic rings. The van der Waals surface area contributed by atoms with E-state index >= 15 is 0 Å². The van der Waals surface area contributed by atoms with Crippen LogP contribution >= 0.6 is 0 Å². The normalized spacial score (nSPS) is 11.8. The first-order valence-electron chi connectivity index (χ1n) is 7.25. The number of hydrogen-bond acceptors (Lipinski definition) is 6. The third kappa shape index (κ3) is 2.95. The van der Waals surface area contributed by atoms with Crippen molar-refractivity contribution in [2.24, 2.45) is 5.14 Å². The van der Waals surface area contributed by atoms with Crippen molar-refractivity contribution in [3.8, 4) is 0 Å². The second-order valence-corrected chi connectivity index (χ2v) is 7.30. The zero-order valence-electron chi connectivity index (χ0n) is 13.6. The van der Waals surface area contributed by atoms with E-state index in [0.29, 0.717) is 12.2 Å². The molecule has 0 aliphatic heterocycles. The highest BCUT2D eigenvalue weighted by Gasteiger charge is 2.17. The molecule has 2 aromatic heterocycles. The van der Waals surface area contributed by atoms with Crippen molar-refractivity contribution in [1.82, 2.24) is 19.6 Å². The molecule has 9 heteroatoms. The molecular weight excluding hydrogens is 328 g/mol. The van der Waals surface area contributed by atoms with Gasteiger partial charge in [0.1, 0.15) is 12.1 Å². The Morgan fingerprint density at radius 1 is 1.29 bits per heavy atom. The molecule has 8 nitrogen and oxygen atoms in total. The van der Waals surface area contributed by atoms with E-state index in [9.17, 15) is 8.42 Å². The molecule has 1 aromatic carbocycles. The summed E-state index contributed by atoms with van der Waals surface area (Å²) >= 11 is 0. The molecule has 0 unspecified atom stereocenters. The van der Waals surface area contributed by atoms with Gasteiger partial charge in [-0.3, -0.25) is 0 Å². The van der Waals surface area contributed by atoms with Gasteiger partial charge in [-0.15, -0.1) is 0 Å². The minimum absolute atomic E-state index is 0.0962. The lowest BCUT2D eigenvalue weighted by Crippen LogP contribution is -2.18. The van der Waals surface area contributed by atoms with Crippen molar-refractivity contribution >= 4 is 21.6 Å². The first kappa shape index (κ1) is 16.3. The Kier molecular flexibility index (Phi) is 3.98. The van der Waals surface area contributed by atoms with Gasteiger partial charge in [0.05, 0.1) is 4.90 Å². The van der Waals surface area contributed by atoms with Crippen molar-refractivity contribution < 1.29 is 8.42 Å². The average Bonchev–Trinajstić information content (AvgIpc) is 2.94. The van der Waals surface area contributed by atoms with E-state index in [0.717, 1.165) is 22.6 Å². The van der Waals surface area contributed by atoms with Crippen LogP contribution < -0.4 is 10.0 Å². The Balaban J connectivity index is 2.14. The highest BCUT2D eigenvalue weighted by molar-refractivity contribution is 7.89. The Morgan fingerprint density at radius 3 is 2.71 bits per heavy atom. The summed E-state index contributed by atoms with van der Waals surface area (Å²) < 4.78 is 24.8. The summed E-state index contributed by atoms with van der Waals surface area (Å²) in [5.41, 5.74) is 2.60. The highest BCUT2D eigenvalue weighted by atomic mass is 32.2. The second-order valence-electron chi connectivity index (χ2n) is 5.73. The molecule has 0 amide bonds. The molecule has 3 rings (SSSR count). The van der Waals surface area contributed by atoms with Gasteiger partial charge in [0.25, 0.3) is 5.78 Å². The van der Waals surface area contributed by atoms with E-state index in [1.165, 1.54) is 12.4 Å². The van der Waals surface area contributed by atoms with Crippen LogP contribution in [0.1, 0.15) is 16.8 Å². The van der Waals surface area contributed by atoms with Crippen molar-refractivity contribution in [3.05, 3.63) is 47.4 Å². The maximum absolute atomic E-state index is 11.6. The molecular formula is C15H18N6O2S. The molecule has 2 heterocycles. The van der Waals surface area contributed by atoms with Gasteiger partial charge < -0.3 is 4.90 Å². The number of hydrogen-bond donors (Lipinski definition) is 1. The number of nitrogens with zero attached hydrogens (tertiary/aromatic N) is 5. The van der Waals surface area contributed by atoms with Gasteiger partial charge in [-0.2, -0.15) is 14.6 Å². The Morgan fingerprint density at radius 2 is 2.04 bits per heavy atom. The van der Waals surface area contributed by atoms with Crippen LogP contribution in [0.3, 0.4) is 0 Å². The molecule has 0 saturated carbocycles. The number of fused-ring (bicyclic) bond motifs is 1. The van der Waals surface area contributed by atoms with Crippen LogP contribution in [-0.4, -0.2) is 42.1 Å². The number of rotatable bonds is 4. The molecule has 3 aromatic rings. The lowest BCUT2D eigenvalue weighted by molar-refractivity contribution is 0.597. The Hall–Kier alpha value is -2.52. The zero-order chi connectivity index (χ0) is 17.5. The molecule has 0 aliphatic carbocycles. The Bertz CT molecular complexity index is 1010. The lowest BCUT2D eigenvalue weighted by Gasteiger charge is -2.20. The molecule has 0 saturated heterocycles. The van der Waals surface area contributed by atoms with Crippen LogP contribution in [0, 0.1) is 6.92 Å². The topological polar surface area (TPSA) is 106 Å². The predicted octanol–water partition coefficient (Wildman–Crippen LogP) is 0.737. The smallest absolute Gasteiger partial charge is 0.254 e. The van der Waals surface area contributed by atoms with Crippen LogP contribution in [0.15, 0.2) is 35.5 Å². The van der Waals surface area contributed by atoms with Gasteiger partial charge in [-0.25, -0.2) is 18.5 Å². The van der Waals surface area contributed by atoms with Crippen LogP contribution in [-0.2, 0) is 16.4 Å². The summed E-state index contributed by atoms with van der Waals surface area (Å²) in [7, 11) is 0.100. The monoisotopic (exact) mass is 346 g/mol. The van der Waals surface area contributed by atoms with E-state index in [4.69, 9.17) is 5.14 Å². The molecule has 0 spiro atoms. The van der Waals surface area contributed by atoms with Crippen LogP contribution in [0.4, 0.5) is 5.82 Å². The SMILES string of the molecule is Cc1nc2ncnn2c(N(C)C)c1Cc1cccc(S(N)(=O)=O)c1. The van der Waals surface area contributed by atoms with Gasteiger partial charge in [-0.1, -0.05) is 12.1 Å². The zero-order valence-corrected chi connectivity index (χ0v) is 14.4. The highest BCUT2D eigenvalue weighted by Crippen LogP contribution is 2.25. The fourth-order valence-corrected chi connectivity index (χ4v) is 3.25. The van der Waals surface area contributed by atoms with Crippen molar-refractivity contribution in [3.63, 3.8) is 0 Å². The fraction of sp³-hybridized carbons (Fsp3) is 0.267. The lowest BCUT2D eigenvalue weighted by atomic mass is 10.0. The van der Waals surface area contributed by atoms with Crippen molar-refractivity contribution in [2.45, 2.75) is 18.2 Å².